The second kappa shape index (κ2) is 7.25. The fourth-order valence-electron chi connectivity index (χ4n) is 2.92. The van der Waals surface area contributed by atoms with E-state index < -0.39 is 21.7 Å². The molecule has 2 aromatic rings. The fraction of sp³-hybridized carbons (Fsp3) is 0.278. The molecule has 1 aliphatic heterocycles. The van der Waals surface area contributed by atoms with Gasteiger partial charge < -0.3 is 5.32 Å². The Morgan fingerprint density at radius 3 is 2.69 bits per heavy atom. The van der Waals surface area contributed by atoms with Crippen molar-refractivity contribution in [2.45, 2.75) is 19.8 Å². The van der Waals surface area contributed by atoms with E-state index in [0.29, 0.717) is 24.3 Å². The number of hydrogen-bond donors (Lipinski definition) is 1. The summed E-state index contributed by atoms with van der Waals surface area (Å²) in [4.78, 5) is 12.4. The lowest BCUT2D eigenvalue weighted by Gasteiger charge is -2.29. The second-order valence-corrected chi connectivity index (χ2v) is 8.57. The van der Waals surface area contributed by atoms with Crippen molar-refractivity contribution < 1.29 is 17.6 Å². The van der Waals surface area contributed by atoms with Gasteiger partial charge in [0.2, 0.25) is 10.0 Å². The zero-order valence-electron chi connectivity index (χ0n) is 14.1. The van der Waals surface area contributed by atoms with Crippen LogP contribution in [0.15, 0.2) is 36.4 Å². The molecule has 0 bridgehead atoms. The molecule has 3 rings (SSSR count). The van der Waals surface area contributed by atoms with E-state index >= 15 is 0 Å². The van der Waals surface area contributed by atoms with E-state index in [0.717, 1.165) is 18.1 Å². The van der Waals surface area contributed by atoms with Crippen LogP contribution in [0.3, 0.4) is 0 Å². The molecule has 0 aromatic heterocycles. The van der Waals surface area contributed by atoms with Gasteiger partial charge in [0.15, 0.2) is 0 Å². The lowest BCUT2D eigenvalue weighted by atomic mass is 10.1. The molecule has 1 amide bonds. The number of halogens is 2. The minimum absolute atomic E-state index is 0.00782. The third kappa shape index (κ3) is 3.68. The van der Waals surface area contributed by atoms with Crippen LogP contribution in [0.4, 0.5) is 15.8 Å². The van der Waals surface area contributed by atoms with E-state index in [9.17, 15) is 17.6 Å². The number of amides is 1. The highest BCUT2D eigenvalue weighted by Crippen LogP contribution is 2.30. The smallest absolute Gasteiger partial charge is 0.260 e. The van der Waals surface area contributed by atoms with Gasteiger partial charge in [0, 0.05) is 12.2 Å². The molecule has 26 heavy (non-hydrogen) atoms. The summed E-state index contributed by atoms with van der Waals surface area (Å²) in [6.07, 6.45) is 1.42. The Bertz CT molecular complexity index is 943. The minimum Gasteiger partial charge on any atom is -0.322 e. The Labute approximate surface area is 156 Å². The number of sulfonamides is 1. The summed E-state index contributed by atoms with van der Waals surface area (Å²) in [5.74, 6) is -1.31. The topological polar surface area (TPSA) is 66.5 Å². The van der Waals surface area contributed by atoms with Crippen molar-refractivity contribution in [3.8, 4) is 0 Å². The number of nitrogens with zero attached hydrogens (tertiary/aromatic N) is 1. The molecule has 1 saturated heterocycles. The van der Waals surface area contributed by atoms with Crippen molar-refractivity contribution in [3.05, 3.63) is 58.4 Å². The van der Waals surface area contributed by atoms with Gasteiger partial charge >= 0.3 is 0 Å². The molecule has 1 aliphatic rings. The molecule has 0 radical (unpaired) electrons. The van der Waals surface area contributed by atoms with Crippen LogP contribution in [0.1, 0.15) is 28.8 Å². The van der Waals surface area contributed by atoms with Crippen LogP contribution in [-0.2, 0) is 10.0 Å². The first-order chi connectivity index (χ1) is 12.3. The molecule has 1 heterocycles. The molecule has 0 unspecified atom stereocenters. The second-order valence-electron chi connectivity index (χ2n) is 6.15. The lowest BCUT2D eigenvalue weighted by molar-refractivity contribution is 0.102. The Hall–Kier alpha value is -2.12. The number of nitrogens with one attached hydrogen (secondary N) is 1. The van der Waals surface area contributed by atoms with Crippen molar-refractivity contribution in [3.63, 3.8) is 0 Å². The van der Waals surface area contributed by atoms with E-state index in [1.165, 1.54) is 16.4 Å². The monoisotopic (exact) mass is 396 g/mol. The molecule has 5 nitrogen and oxygen atoms in total. The van der Waals surface area contributed by atoms with Gasteiger partial charge in [-0.05, 0) is 49.6 Å². The van der Waals surface area contributed by atoms with Crippen molar-refractivity contribution in [2.75, 3.05) is 21.9 Å². The molecule has 8 heteroatoms. The highest BCUT2D eigenvalue weighted by atomic mass is 35.5. The van der Waals surface area contributed by atoms with Crippen LogP contribution >= 0.6 is 11.6 Å². The van der Waals surface area contributed by atoms with E-state index in [2.05, 4.69) is 5.32 Å². The third-order valence-corrected chi connectivity index (χ3v) is 6.45. The van der Waals surface area contributed by atoms with Gasteiger partial charge in [-0.1, -0.05) is 23.7 Å². The Kier molecular flexibility index (Phi) is 5.20. The Balaban J connectivity index is 1.92. The first kappa shape index (κ1) is 18.7. The number of aryl methyl sites for hydroxylation is 1. The van der Waals surface area contributed by atoms with E-state index in [-0.39, 0.29) is 16.3 Å². The third-order valence-electron chi connectivity index (χ3n) is 4.27. The zero-order valence-corrected chi connectivity index (χ0v) is 15.7. The van der Waals surface area contributed by atoms with Crippen molar-refractivity contribution in [1.82, 2.24) is 0 Å². The molecular formula is C18H18ClFN2O3S. The van der Waals surface area contributed by atoms with E-state index in [4.69, 9.17) is 11.6 Å². The maximum Gasteiger partial charge on any atom is 0.260 e. The molecule has 0 atom stereocenters. The zero-order chi connectivity index (χ0) is 18.9. The number of benzene rings is 2. The molecule has 0 aliphatic carbocycles. The average molecular weight is 397 g/mol. The summed E-state index contributed by atoms with van der Waals surface area (Å²) in [5, 5.41) is 2.60. The first-order valence-corrected chi connectivity index (χ1v) is 10.1. The predicted octanol–water partition coefficient (Wildman–Crippen LogP) is 3.97. The number of carbonyl (C=O) groups is 1. The largest absolute Gasteiger partial charge is 0.322 e. The Morgan fingerprint density at radius 1 is 1.23 bits per heavy atom. The molecule has 1 N–H and O–H groups in total. The highest BCUT2D eigenvalue weighted by molar-refractivity contribution is 7.92. The molecule has 138 valence electrons. The highest BCUT2D eigenvalue weighted by Gasteiger charge is 2.27. The fourth-order valence-corrected chi connectivity index (χ4v) is 4.87. The van der Waals surface area contributed by atoms with Crippen LogP contribution in [0.25, 0.3) is 0 Å². The quantitative estimate of drug-likeness (QED) is 0.853. The van der Waals surface area contributed by atoms with Gasteiger partial charge in [0.1, 0.15) is 5.82 Å². The number of carbonyl (C=O) groups excluding carboxylic acids is 1. The summed E-state index contributed by atoms with van der Waals surface area (Å²) in [7, 11) is -3.37. The van der Waals surface area contributed by atoms with Crippen LogP contribution in [-0.4, -0.2) is 26.6 Å². The van der Waals surface area contributed by atoms with Gasteiger partial charge in [-0.15, -0.1) is 0 Å². The predicted molar refractivity (Wildman–Crippen MR) is 101 cm³/mol. The van der Waals surface area contributed by atoms with Crippen LogP contribution in [0.5, 0.6) is 0 Å². The average Bonchev–Trinajstić information content (AvgIpc) is 2.56. The van der Waals surface area contributed by atoms with Gasteiger partial charge in [0.05, 0.1) is 22.0 Å². The molecule has 1 fully saturated rings. The van der Waals surface area contributed by atoms with E-state index in [1.54, 1.807) is 25.1 Å². The van der Waals surface area contributed by atoms with Crippen LogP contribution < -0.4 is 9.62 Å². The normalized spacial score (nSPS) is 16.3. The number of anilines is 2. The maximum atomic E-state index is 13.9. The Morgan fingerprint density at radius 2 is 2.00 bits per heavy atom. The van der Waals surface area contributed by atoms with Crippen molar-refractivity contribution in [1.29, 1.82) is 0 Å². The standard InChI is InChI=1S/C18H18ClFN2O3S/c1-12-7-8-13(11-16(12)22-9-2-3-10-26(22,24)25)21-18(23)17-14(19)5-4-6-15(17)20/h4-8,11H,2-3,9-10H2,1H3,(H,21,23). The minimum atomic E-state index is -3.37. The van der Waals surface area contributed by atoms with Gasteiger partial charge in [-0.25, -0.2) is 12.8 Å². The summed E-state index contributed by atoms with van der Waals surface area (Å²) in [6.45, 7) is 2.21. The molecule has 2 aromatic carbocycles. The molecule has 0 spiro atoms. The number of rotatable bonds is 3. The number of hydrogen-bond acceptors (Lipinski definition) is 3. The van der Waals surface area contributed by atoms with Gasteiger partial charge in [-0.3, -0.25) is 9.10 Å². The summed E-state index contributed by atoms with van der Waals surface area (Å²) < 4.78 is 40.0. The first-order valence-electron chi connectivity index (χ1n) is 8.16. The van der Waals surface area contributed by atoms with Gasteiger partial charge in [0.25, 0.3) is 5.91 Å². The summed E-state index contributed by atoms with van der Waals surface area (Å²) in [6, 6.07) is 8.95. The van der Waals surface area contributed by atoms with Gasteiger partial charge in [-0.2, -0.15) is 0 Å². The van der Waals surface area contributed by atoms with Crippen LogP contribution in [0, 0.1) is 12.7 Å². The summed E-state index contributed by atoms with van der Waals surface area (Å²) >= 11 is 5.92. The summed E-state index contributed by atoms with van der Waals surface area (Å²) in [5.41, 5.74) is 1.41. The van der Waals surface area contributed by atoms with Crippen LogP contribution in [0.2, 0.25) is 5.02 Å². The SMILES string of the molecule is Cc1ccc(NC(=O)c2c(F)cccc2Cl)cc1N1CCCCS1(=O)=O. The van der Waals surface area contributed by atoms with Crippen molar-refractivity contribution >= 4 is 38.9 Å². The molecular weight excluding hydrogens is 379 g/mol. The molecule has 0 saturated carbocycles. The van der Waals surface area contributed by atoms with E-state index in [1.807, 2.05) is 0 Å². The van der Waals surface area contributed by atoms with Crippen molar-refractivity contribution in [2.24, 2.45) is 0 Å². The lowest BCUT2D eigenvalue weighted by Crippen LogP contribution is -2.38. The maximum absolute atomic E-state index is 13.9.